The maximum atomic E-state index is 10.7. The average Bonchev–Trinajstić information content (AvgIpc) is 2.69. The molecule has 86 valence electrons. The molecule has 0 spiro atoms. The molecule has 4 nitrogen and oxygen atoms in total. The smallest absolute Gasteiger partial charge is 0.207 e. The van der Waals surface area contributed by atoms with Crippen LogP contribution in [0.2, 0.25) is 0 Å². The van der Waals surface area contributed by atoms with Crippen LogP contribution in [0.5, 0.6) is 0 Å². The third-order valence-corrected chi connectivity index (χ3v) is 3.66. The van der Waals surface area contributed by atoms with E-state index < -0.39 is 0 Å². The predicted molar refractivity (Wildman–Crippen MR) is 59.7 cm³/mol. The Morgan fingerprint density at radius 1 is 1.27 bits per heavy atom. The van der Waals surface area contributed by atoms with Crippen LogP contribution in [-0.4, -0.2) is 49.6 Å². The minimum atomic E-state index is 0.0824. The van der Waals surface area contributed by atoms with Crippen LogP contribution in [0.25, 0.3) is 0 Å². The molecule has 0 radical (unpaired) electrons. The summed E-state index contributed by atoms with van der Waals surface area (Å²) in [4.78, 5) is 13.1. The zero-order chi connectivity index (χ0) is 10.6. The van der Waals surface area contributed by atoms with Crippen molar-refractivity contribution in [3.05, 3.63) is 0 Å². The van der Waals surface area contributed by atoms with Crippen molar-refractivity contribution < 1.29 is 4.79 Å². The molecule has 1 saturated carbocycles. The predicted octanol–water partition coefficient (Wildman–Crippen LogP) is -0.0496. The largest absolute Gasteiger partial charge is 0.352 e. The van der Waals surface area contributed by atoms with Crippen LogP contribution < -0.4 is 10.6 Å². The van der Waals surface area contributed by atoms with Gasteiger partial charge in [0.15, 0.2) is 0 Å². The van der Waals surface area contributed by atoms with Crippen LogP contribution in [0.3, 0.4) is 0 Å². The lowest BCUT2D eigenvalue weighted by Crippen LogP contribution is -2.55. The first kappa shape index (κ1) is 10.9. The fourth-order valence-corrected chi connectivity index (χ4v) is 2.82. The van der Waals surface area contributed by atoms with Crippen LogP contribution in [0.15, 0.2) is 0 Å². The van der Waals surface area contributed by atoms with E-state index in [-0.39, 0.29) is 5.54 Å². The maximum Gasteiger partial charge on any atom is 0.207 e. The molecule has 2 aliphatic rings. The molecule has 1 heterocycles. The lowest BCUT2D eigenvalue weighted by molar-refractivity contribution is -0.111. The third kappa shape index (κ3) is 2.69. The molecule has 0 aromatic heterocycles. The Morgan fingerprint density at radius 3 is 2.53 bits per heavy atom. The first-order valence-corrected chi connectivity index (χ1v) is 5.99. The second-order valence-corrected chi connectivity index (χ2v) is 4.78. The number of hydrogen-bond donors (Lipinski definition) is 2. The van der Waals surface area contributed by atoms with Gasteiger partial charge in [-0.05, 0) is 12.8 Å². The van der Waals surface area contributed by atoms with Crippen molar-refractivity contribution >= 4 is 6.41 Å². The Labute approximate surface area is 91.4 Å². The van der Waals surface area contributed by atoms with Gasteiger partial charge in [-0.1, -0.05) is 12.8 Å². The molecule has 0 aromatic rings. The van der Waals surface area contributed by atoms with Gasteiger partial charge in [-0.2, -0.15) is 0 Å². The van der Waals surface area contributed by atoms with Crippen LogP contribution in [0.1, 0.15) is 25.7 Å². The van der Waals surface area contributed by atoms with Gasteiger partial charge in [0, 0.05) is 32.7 Å². The Balaban J connectivity index is 1.90. The van der Waals surface area contributed by atoms with E-state index in [2.05, 4.69) is 15.5 Å². The van der Waals surface area contributed by atoms with Crippen molar-refractivity contribution in [3.8, 4) is 0 Å². The quantitative estimate of drug-likeness (QED) is 0.641. The van der Waals surface area contributed by atoms with E-state index in [9.17, 15) is 4.79 Å². The summed E-state index contributed by atoms with van der Waals surface area (Å²) < 4.78 is 0. The van der Waals surface area contributed by atoms with Gasteiger partial charge in [0.05, 0.1) is 5.54 Å². The monoisotopic (exact) mass is 211 g/mol. The maximum absolute atomic E-state index is 10.7. The van der Waals surface area contributed by atoms with E-state index in [1.54, 1.807) is 0 Å². The van der Waals surface area contributed by atoms with E-state index in [4.69, 9.17) is 0 Å². The summed E-state index contributed by atoms with van der Waals surface area (Å²) in [7, 11) is 0. The topological polar surface area (TPSA) is 44.4 Å². The van der Waals surface area contributed by atoms with Crippen molar-refractivity contribution in [2.75, 3.05) is 32.7 Å². The molecule has 0 aromatic carbocycles. The van der Waals surface area contributed by atoms with Gasteiger partial charge in [-0.15, -0.1) is 0 Å². The zero-order valence-electron chi connectivity index (χ0n) is 9.30. The Morgan fingerprint density at radius 2 is 1.93 bits per heavy atom. The number of nitrogens with zero attached hydrogens (tertiary/aromatic N) is 1. The van der Waals surface area contributed by atoms with Crippen LogP contribution in [0.4, 0.5) is 0 Å². The van der Waals surface area contributed by atoms with Gasteiger partial charge < -0.3 is 10.6 Å². The molecule has 1 amide bonds. The normalized spacial score (nSPS) is 26.4. The standard InChI is InChI=1S/C11H21N3O/c15-10-13-11(3-1-2-4-11)9-14-7-5-12-6-8-14/h10,12H,1-9H2,(H,13,15). The number of piperazine rings is 1. The SMILES string of the molecule is O=CNC1(CN2CCNCC2)CCCC1. The van der Waals surface area contributed by atoms with Gasteiger partial charge in [0.2, 0.25) is 6.41 Å². The molecule has 2 N–H and O–H groups in total. The molecule has 0 atom stereocenters. The molecule has 0 unspecified atom stereocenters. The summed E-state index contributed by atoms with van der Waals surface area (Å²) in [6.45, 7) is 5.42. The molecular formula is C11H21N3O. The molecule has 2 rings (SSSR count). The van der Waals surface area contributed by atoms with Crippen LogP contribution in [-0.2, 0) is 4.79 Å². The second kappa shape index (κ2) is 4.94. The fraction of sp³-hybridized carbons (Fsp3) is 0.909. The minimum absolute atomic E-state index is 0.0824. The molecule has 1 saturated heterocycles. The molecule has 1 aliphatic carbocycles. The number of amides is 1. The first-order chi connectivity index (χ1) is 7.35. The van der Waals surface area contributed by atoms with E-state index in [1.807, 2.05) is 0 Å². The Kier molecular flexibility index (Phi) is 3.59. The van der Waals surface area contributed by atoms with E-state index >= 15 is 0 Å². The average molecular weight is 211 g/mol. The van der Waals surface area contributed by atoms with Gasteiger partial charge >= 0.3 is 0 Å². The molecule has 0 bridgehead atoms. The fourth-order valence-electron chi connectivity index (χ4n) is 2.82. The van der Waals surface area contributed by atoms with Crippen molar-refractivity contribution in [3.63, 3.8) is 0 Å². The Hall–Kier alpha value is -0.610. The zero-order valence-corrected chi connectivity index (χ0v) is 9.30. The summed E-state index contributed by atoms with van der Waals surface area (Å²) in [5.74, 6) is 0. The van der Waals surface area contributed by atoms with E-state index in [0.717, 1.165) is 52.0 Å². The number of hydrogen-bond acceptors (Lipinski definition) is 3. The summed E-state index contributed by atoms with van der Waals surface area (Å²) >= 11 is 0. The number of carbonyl (C=O) groups excluding carboxylic acids is 1. The van der Waals surface area contributed by atoms with E-state index in [0.29, 0.717) is 0 Å². The molecule has 4 heteroatoms. The van der Waals surface area contributed by atoms with Gasteiger partial charge in [0.25, 0.3) is 0 Å². The van der Waals surface area contributed by atoms with Crippen LogP contribution >= 0.6 is 0 Å². The lowest BCUT2D eigenvalue weighted by Gasteiger charge is -2.37. The third-order valence-electron chi connectivity index (χ3n) is 3.66. The highest BCUT2D eigenvalue weighted by Gasteiger charge is 2.35. The summed E-state index contributed by atoms with van der Waals surface area (Å²) in [5, 5.41) is 6.42. The second-order valence-electron chi connectivity index (χ2n) is 4.78. The van der Waals surface area contributed by atoms with Gasteiger partial charge in [0.1, 0.15) is 0 Å². The van der Waals surface area contributed by atoms with Crippen molar-refractivity contribution in [1.82, 2.24) is 15.5 Å². The minimum Gasteiger partial charge on any atom is -0.352 e. The molecule has 2 fully saturated rings. The van der Waals surface area contributed by atoms with E-state index in [1.165, 1.54) is 12.8 Å². The molecule has 15 heavy (non-hydrogen) atoms. The summed E-state index contributed by atoms with van der Waals surface area (Å²) in [6.07, 6.45) is 5.69. The number of nitrogens with one attached hydrogen (secondary N) is 2. The van der Waals surface area contributed by atoms with Crippen molar-refractivity contribution in [1.29, 1.82) is 0 Å². The van der Waals surface area contributed by atoms with Gasteiger partial charge in [-0.3, -0.25) is 9.69 Å². The highest BCUT2D eigenvalue weighted by atomic mass is 16.1. The van der Waals surface area contributed by atoms with Crippen molar-refractivity contribution in [2.24, 2.45) is 0 Å². The highest BCUT2D eigenvalue weighted by Crippen LogP contribution is 2.30. The summed E-state index contributed by atoms with van der Waals surface area (Å²) in [5.41, 5.74) is 0.0824. The van der Waals surface area contributed by atoms with Crippen molar-refractivity contribution in [2.45, 2.75) is 31.2 Å². The lowest BCUT2D eigenvalue weighted by atomic mass is 9.97. The number of carbonyl (C=O) groups is 1. The number of rotatable bonds is 4. The Bertz CT molecular complexity index is 208. The molecular weight excluding hydrogens is 190 g/mol. The van der Waals surface area contributed by atoms with Gasteiger partial charge in [-0.25, -0.2) is 0 Å². The highest BCUT2D eigenvalue weighted by molar-refractivity contribution is 5.48. The summed E-state index contributed by atoms with van der Waals surface area (Å²) in [6, 6.07) is 0. The first-order valence-electron chi connectivity index (χ1n) is 5.99. The van der Waals surface area contributed by atoms with Crippen LogP contribution in [0, 0.1) is 0 Å². The molecule has 1 aliphatic heterocycles.